The lowest BCUT2D eigenvalue weighted by atomic mass is 9.97. The summed E-state index contributed by atoms with van der Waals surface area (Å²) in [4.78, 5) is 21.6. The molecule has 0 spiro atoms. The Morgan fingerprint density at radius 1 is 1.00 bits per heavy atom. The Balaban J connectivity index is 1.56. The molecule has 1 aromatic heterocycles. The Morgan fingerprint density at radius 2 is 1.83 bits per heavy atom. The SMILES string of the molecule is COc1ccc(-c2cccc(C[C@H]3C(=O)N(C)CCN3Cc3ccccn3)c2)cc1. The number of likely N-dealkylation sites (N-methyl/N-ethyl adjacent to an activating group) is 1. The van der Waals surface area contributed by atoms with Crippen molar-refractivity contribution in [1.82, 2.24) is 14.8 Å². The van der Waals surface area contributed by atoms with Crippen molar-refractivity contribution in [2.45, 2.75) is 19.0 Å². The van der Waals surface area contributed by atoms with E-state index in [1.165, 1.54) is 0 Å². The molecule has 1 atom stereocenters. The lowest BCUT2D eigenvalue weighted by Crippen LogP contribution is -2.56. The Kier molecular flexibility index (Phi) is 6.10. The summed E-state index contributed by atoms with van der Waals surface area (Å²) >= 11 is 0. The molecule has 30 heavy (non-hydrogen) atoms. The third-order valence-corrected chi connectivity index (χ3v) is 5.70. The van der Waals surface area contributed by atoms with Crippen LogP contribution in [0.2, 0.25) is 0 Å². The van der Waals surface area contributed by atoms with Crippen molar-refractivity contribution in [2.24, 2.45) is 0 Å². The van der Waals surface area contributed by atoms with Gasteiger partial charge in [0.05, 0.1) is 18.8 Å². The Bertz CT molecular complexity index is 989. The van der Waals surface area contributed by atoms with Gasteiger partial charge in [-0.1, -0.05) is 42.5 Å². The lowest BCUT2D eigenvalue weighted by molar-refractivity contribution is -0.140. The molecule has 2 aromatic carbocycles. The van der Waals surface area contributed by atoms with Crippen LogP contribution in [0, 0.1) is 0 Å². The zero-order chi connectivity index (χ0) is 20.9. The highest BCUT2D eigenvalue weighted by Gasteiger charge is 2.33. The van der Waals surface area contributed by atoms with E-state index < -0.39 is 0 Å². The van der Waals surface area contributed by atoms with Gasteiger partial charge in [-0.2, -0.15) is 0 Å². The number of pyridine rings is 1. The topological polar surface area (TPSA) is 45.7 Å². The van der Waals surface area contributed by atoms with Gasteiger partial charge in [-0.05, 0) is 47.4 Å². The van der Waals surface area contributed by atoms with E-state index in [1.54, 1.807) is 13.3 Å². The van der Waals surface area contributed by atoms with Crippen LogP contribution in [0.4, 0.5) is 0 Å². The van der Waals surface area contributed by atoms with Crippen molar-refractivity contribution in [3.63, 3.8) is 0 Å². The molecule has 1 fully saturated rings. The number of piperazine rings is 1. The number of ether oxygens (including phenoxy) is 1. The van der Waals surface area contributed by atoms with Crippen LogP contribution in [-0.2, 0) is 17.8 Å². The molecule has 2 heterocycles. The number of nitrogens with zero attached hydrogens (tertiary/aromatic N) is 3. The normalized spacial score (nSPS) is 17.2. The molecule has 0 radical (unpaired) electrons. The fourth-order valence-electron chi connectivity index (χ4n) is 3.95. The third kappa shape index (κ3) is 4.52. The van der Waals surface area contributed by atoms with Crippen molar-refractivity contribution in [3.05, 3.63) is 84.2 Å². The minimum Gasteiger partial charge on any atom is -0.497 e. The number of carbonyl (C=O) groups excluding carboxylic acids is 1. The maximum atomic E-state index is 13.0. The van der Waals surface area contributed by atoms with Crippen molar-refractivity contribution in [1.29, 1.82) is 0 Å². The molecule has 1 saturated heterocycles. The summed E-state index contributed by atoms with van der Waals surface area (Å²) in [6.07, 6.45) is 2.49. The Hall–Kier alpha value is -3.18. The smallest absolute Gasteiger partial charge is 0.240 e. The van der Waals surface area contributed by atoms with E-state index in [0.717, 1.165) is 41.2 Å². The number of aromatic nitrogens is 1. The highest BCUT2D eigenvalue weighted by atomic mass is 16.5. The van der Waals surface area contributed by atoms with Crippen LogP contribution < -0.4 is 4.74 Å². The van der Waals surface area contributed by atoms with E-state index >= 15 is 0 Å². The Labute approximate surface area is 177 Å². The van der Waals surface area contributed by atoms with E-state index in [-0.39, 0.29) is 11.9 Å². The van der Waals surface area contributed by atoms with Gasteiger partial charge in [-0.25, -0.2) is 0 Å². The number of hydrogen-bond donors (Lipinski definition) is 0. The number of benzene rings is 2. The molecule has 0 saturated carbocycles. The van der Waals surface area contributed by atoms with Gasteiger partial charge in [0.15, 0.2) is 0 Å². The van der Waals surface area contributed by atoms with E-state index in [1.807, 2.05) is 42.3 Å². The zero-order valence-electron chi connectivity index (χ0n) is 17.5. The molecule has 4 rings (SSSR count). The first-order valence-electron chi connectivity index (χ1n) is 10.3. The molecular weight excluding hydrogens is 374 g/mol. The first-order chi connectivity index (χ1) is 14.6. The number of methoxy groups -OCH3 is 1. The number of hydrogen-bond acceptors (Lipinski definition) is 4. The van der Waals surface area contributed by atoms with Gasteiger partial charge in [0, 0.05) is 32.9 Å². The second-order valence-corrected chi connectivity index (χ2v) is 7.70. The molecule has 1 aliphatic rings. The second-order valence-electron chi connectivity index (χ2n) is 7.70. The zero-order valence-corrected chi connectivity index (χ0v) is 17.5. The summed E-state index contributed by atoms with van der Waals surface area (Å²) in [7, 11) is 3.56. The maximum Gasteiger partial charge on any atom is 0.240 e. The summed E-state index contributed by atoms with van der Waals surface area (Å²) < 4.78 is 5.26. The van der Waals surface area contributed by atoms with Crippen molar-refractivity contribution in [2.75, 3.05) is 27.2 Å². The number of rotatable bonds is 6. The molecule has 1 amide bonds. The van der Waals surface area contributed by atoms with Crippen LogP contribution in [0.25, 0.3) is 11.1 Å². The van der Waals surface area contributed by atoms with Crippen LogP contribution in [-0.4, -0.2) is 54.0 Å². The molecule has 1 aliphatic heterocycles. The highest BCUT2D eigenvalue weighted by molar-refractivity contribution is 5.83. The van der Waals surface area contributed by atoms with E-state index in [0.29, 0.717) is 13.0 Å². The van der Waals surface area contributed by atoms with Crippen molar-refractivity contribution < 1.29 is 9.53 Å². The van der Waals surface area contributed by atoms with Crippen LogP contribution >= 0.6 is 0 Å². The largest absolute Gasteiger partial charge is 0.497 e. The molecule has 5 heteroatoms. The predicted octanol–water partition coefficient (Wildman–Crippen LogP) is 3.64. The summed E-state index contributed by atoms with van der Waals surface area (Å²) in [6, 6.07) is 22.3. The van der Waals surface area contributed by atoms with E-state index in [9.17, 15) is 4.79 Å². The summed E-state index contributed by atoms with van der Waals surface area (Å²) in [5.41, 5.74) is 4.42. The van der Waals surface area contributed by atoms with Crippen molar-refractivity contribution >= 4 is 5.91 Å². The third-order valence-electron chi connectivity index (χ3n) is 5.70. The summed E-state index contributed by atoms with van der Waals surface area (Å²) in [6.45, 7) is 2.28. The minimum atomic E-state index is -0.183. The van der Waals surface area contributed by atoms with Crippen LogP contribution in [0.15, 0.2) is 72.9 Å². The molecule has 0 aliphatic carbocycles. The lowest BCUT2D eigenvalue weighted by Gasteiger charge is -2.39. The standard InChI is InChI=1S/C25H27N3O2/c1-27-14-15-28(18-22-8-3-4-13-26-22)24(25(27)29)17-19-6-5-7-21(16-19)20-9-11-23(30-2)12-10-20/h3-13,16,24H,14-15,17-18H2,1-2H3/t24-/m0/s1. The molecule has 154 valence electrons. The average Bonchev–Trinajstić information content (AvgIpc) is 2.80. The fourth-order valence-corrected chi connectivity index (χ4v) is 3.95. The van der Waals surface area contributed by atoms with E-state index in [4.69, 9.17) is 4.74 Å². The van der Waals surface area contributed by atoms with Gasteiger partial charge in [-0.15, -0.1) is 0 Å². The molecule has 5 nitrogen and oxygen atoms in total. The van der Waals surface area contributed by atoms with E-state index in [2.05, 4.69) is 46.3 Å². The van der Waals surface area contributed by atoms with Gasteiger partial charge in [0.25, 0.3) is 0 Å². The quantitative estimate of drug-likeness (QED) is 0.633. The van der Waals surface area contributed by atoms with Crippen LogP contribution in [0.5, 0.6) is 5.75 Å². The van der Waals surface area contributed by atoms with Gasteiger partial charge in [0.1, 0.15) is 5.75 Å². The molecule has 0 bridgehead atoms. The minimum absolute atomic E-state index is 0.173. The monoisotopic (exact) mass is 401 g/mol. The molecule has 0 N–H and O–H groups in total. The molecular formula is C25H27N3O2. The molecule has 3 aromatic rings. The second kappa shape index (κ2) is 9.09. The van der Waals surface area contributed by atoms with Gasteiger partial charge in [-0.3, -0.25) is 14.7 Å². The van der Waals surface area contributed by atoms with Crippen LogP contribution in [0.1, 0.15) is 11.3 Å². The summed E-state index contributed by atoms with van der Waals surface area (Å²) in [5.74, 6) is 1.02. The summed E-state index contributed by atoms with van der Waals surface area (Å²) in [5, 5.41) is 0. The van der Waals surface area contributed by atoms with Gasteiger partial charge in [0.2, 0.25) is 5.91 Å². The average molecular weight is 402 g/mol. The fraction of sp³-hybridized carbons (Fsp3) is 0.280. The Morgan fingerprint density at radius 3 is 2.57 bits per heavy atom. The predicted molar refractivity (Wildman–Crippen MR) is 118 cm³/mol. The van der Waals surface area contributed by atoms with Gasteiger partial charge >= 0.3 is 0 Å². The van der Waals surface area contributed by atoms with Crippen molar-refractivity contribution in [3.8, 4) is 16.9 Å². The maximum absolute atomic E-state index is 13.0. The highest BCUT2D eigenvalue weighted by Crippen LogP contribution is 2.25. The number of amides is 1. The first-order valence-corrected chi connectivity index (χ1v) is 10.3. The molecule has 0 unspecified atom stereocenters. The van der Waals surface area contributed by atoms with Gasteiger partial charge < -0.3 is 9.64 Å². The number of carbonyl (C=O) groups is 1. The first kappa shape index (κ1) is 20.1. The van der Waals surface area contributed by atoms with Crippen LogP contribution in [0.3, 0.4) is 0 Å².